The number of hydrogen-bond donors (Lipinski definition) is 3. The number of nitrogens with zero attached hydrogens (tertiary/aromatic N) is 3. The van der Waals surface area contributed by atoms with Crippen LogP contribution in [0.2, 0.25) is 0 Å². The maximum absolute atomic E-state index is 5.30. The number of aliphatic imine (C=N–C) groups is 1. The van der Waals surface area contributed by atoms with Gasteiger partial charge in [0, 0.05) is 7.05 Å². The number of benzene rings is 1. The van der Waals surface area contributed by atoms with Gasteiger partial charge in [0.05, 0.1) is 18.8 Å². The standard InChI is InChI=1S/C19H24N6O.HI/c1-4-14-7-9-15(10-8-14)13(2)22-19(20-3)21-12-17-23-18(25-24-17)16-6-5-11-26-16;/h5-11,13H,4,12H2,1-3H3,(H2,20,21,22)(H,23,24,25);1H. The highest BCUT2D eigenvalue weighted by molar-refractivity contribution is 14.0. The van der Waals surface area contributed by atoms with Gasteiger partial charge in [0.15, 0.2) is 11.7 Å². The van der Waals surface area contributed by atoms with Crippen LogP contribution in [0.5, 0.6) is 0 Å². The molecule has 27 heavy (non-hydrogen) atoms. The van der Waals surface area contributed by atoms with Crippen molar-refractivity contribution < 1.29 is 4.42 Å². The van der Waals surface area contributed by atoms with Gasteiger partial charge in [-0.1, -0.05) is 31.2 Å². The third-order valence-corrected chi connectivity index (χ3v) is 4.16. The van der Waals surface area contributed by atoms with Crippen LogP contribution in [0.15, 0.2) is 52.1 Å². The number of aryl methyl sites for hydroxylation is 1. The Labute approximate surface area is 176 Å². The van der Waals surface area contributed by atoms with Crippen LogP contribution in [0.25, 0.3) is 11.6 Å². The summed E-state index contributed by atoms with van der Waals surface area (Å²) in [4.78, 5) is 8.68. The van der Waals surface area contributed by atoms with E-state index in [-0.39, 0.29) is 30.0 Å². The molecule has 3 aromatic rings. The van der Waals surface area contributed by atoms with Crippen LogP contribution in [0, 0.1) is 0 Å². The number of rotatable bonds is 6. The summed E-state index contributed by atoms with van der Waals surface area (Å²) in [6, 6.07) is 12.4. The second-order valence-corrected chi connectivity index (χ2v) is 5.97. The average Bonchev–Trinajstić information content (AvgIpc) is 3.36. The van der Waals surface area contributed by atoms with Gasteiger partial charge in [0.1, 0.15) is 5.82 Å². The summed E-state index contributed by atoms with van der Waals surface area (Å²) in [5.41, 5.74) is 2.55. The molecule has 0 saturated carbocycles. The van der Waals surface area contributed by atoms with E-state index in [9.17, 15) is 0 Å². The van der Waals surface area contributed by atoms with Gasteiger partial charge >= 0.3 is 0 Å². The molecule has 3 N–H and O–H groups in total. The molecule has 2 heterocycles. The van der Waals surface area contributed by atoms with Crippen LogP contribution in [-0.2, 0) is 13.0 Å². The molecule has 8 heteroatoms. The van der Waals surface area contributed by atoms with Crippen molar-refractivity contribution in [3.8, 4) is 11.6 Å². The summed E-state index contributed by atoms with van der Waals surface area (Å²) in [7, 11) is 1.75. The van der Waals surface area contributed by atoms with Crippen LogP contribution < -0.4 is 10.6 Å². The molecule has 0 radical (unpaired) electrons. The summed E-state index contributed by atoms with van der Waals surface area (Å²) in [5.74, 6) is 2.59. The Morgan fingerprint density at radius 2 is 2.04 bits per heavy atom. The number of furan rings is 1. The maximum atomic E-state index is 5.30. The molecule has 144 valence electrons. The van der Waals surface area contributed by atoms with Gasteiger partial charge in [-0.15, -0.1) is 29.1 Å². The maximum Gasteiger partial charge on any atom is 0.216 e. The Morgan fingerprint density at radius 1 is 1.26 bits per heavy atom. The Balaban J connectivity index is 0.00000261. The summed E-state index contributed by atoms with van der Waals surface area (Å²) < 4.78 is 5.30. The van der Waals surface area contributed by atoms with E-state index in [1.165, 1.54) is 11.1 Å². The molecule has 1 unspecified atom stereocenters. The van der Waals surface area contributed by atoms with Crippen LogP contribution in [-0.4, -0.2) is 28.2 Å². The second-order valence-electron chi connectivity index (χ2n) is 5.97. The SMILES string of the molecule is CCc1ccc(C(C)NC(=NC)NCc2nc(-c3ccco3)n[nH]2)cc1.I. The van der Waals surface area contributed by atoms with Gasteiger partial charge in [-0.3, -0.25) is 10.1 Å². The van der Waals surface area contributed by atoms with Gasteiger partial charge in [0.2, 0.25) is 5.82 Å². The van der Waals surface area contributed by atoms with Crippen molar-refractivity contribution >= 4 is 29.9 Å². The first-order chi connectivity index (χ1) is 12.7. The lowest BCUT2D eigenvalue weighted by Crippen LogP contribution is -2.38. The average molecular weight is 480 g/mol. The first-order valence-electron chi connectivity index (χ1n) is 8.70. The van der Waals surface area contributed by atoms with Crippen LogP contribution in [0.3, 0.4) is 0 Å². The van der Waals surface area contributed by atoms with Gasteiger partial charge in [-0.25, -0.2) is 4.98 Å². The van der Waals surface area contributed by atoms with E-state index in [4.69, 9.17) is 4.42 Å². The molecule has 0 spiro atoms. The summed E-state index contributed by atoms with van der Waals surface area (Å²) in [5, 5.41) is 13.7. The third kappa shape index (κ3) is 5.56. The molecule has 0 amide bonds. The number of H-pyrrole nitrogens is 1. The lowest BCUT2D eigenvalue weighted by molar-refractivity contribution is 0.577. The van der Waals surface area contributed by atoms with Crippen LogP contribution in [0.1, 0.15) is 36.8 Å². The van der Waals surface area contributed by atoms with Crippen molar-refractivity contribution in [2.75, 3.05) is 7.05 Å². The van der Waals surface area contributed by atoms with Crippen LogP contribution in [0.4, 0.5) is 0 Å². The first-order valence-corrected chi connectivity index (χ1v) is 8.70. The molecule has 3 rings (SSSR count). The van der Waals surface area contributed by atoms with Crippen molar-refractivity contribution in [1.82, 2.24) is 25.8 Å². The lowest BCUT2D eigenvalue weighted by Gasteiger charge is -2.18. The predicted octanol–water partition coefficient (Wildman–Crippen LogP) is 3.67. The molecule has 0 aliphatic carbocycles. The predicted molar refractivity (Wildman–Crippen MR) is 117 cm³/mol. The van der Waals surface area contributed by atoms with E-state index in [1.54, 1.807) is 13.3 Å². The minimum absolute atomic E-state index is 0. The Morgan fingerprint density at radius 3 is 2.67 bits per heavy atom. The van der Waals surface area contributed by atoms with Crippen molar-refractivity contribution in [3.05, 3.63) is 59.6 Å². The largest absolute Gasteiger partial charge is 0.461 e. The fraction of sp³-hybridized carbons (Fsp3) is 0.316. The van der Waals surface area contributed by atoms with E-state index in [0.29, 0.717) is 29.9 Å². The fourth-order valence-corrected chi connectivity index (χ4v) is 2.58. The first kappa shape index (κ1) is 20.9. The zero-order valence-corrected chi connectivity index (χ0v) is 18.0. The highest BCUT2D eigenvalue weighted by Crippen LogP contribution is 2.15. The van der Waals surface area contributed by atoms with E-state index < -0.39 is 0 Å². The fourth-order valence-electron chi connectivity index (χ4n) is 2.58. The van der Waals surface area contributed by atoms with Crippen molar-refractivity contribution in [2.45, 2.75) is 32.9 Å². The van der Waals surface area contributed by atoms with Gasteiger partial charge in [0.25, 0.3) is 0 Å². The number of guanidine groups is 1. The van der Waals surface area contributed by atoms with Gasteiger partial charge in [-0.2, -0.15) is 0 Å². The summed E-state index contributed by atoms with van der Waals surface area (Å²) in [6.45, 7) is 4.75. The molecule has 7 nitrogen and oxygen atoms in total. The lowest BCUT2D eigenvalue weighted by atomic mass is 10.1. The van der Waals surface area contributed by atoms with Gasteiger partial charge < -0.3 is 15.1 Å². The molecule has 2 aromatic heterocycles. The zero-order valence-electron chi connectivity index (χ0n) is 15.7. The van der Waals surface area contributed by atoms with E-state index in [2.05, 4.69) is 68.9 Å². The normalized spacial score (nSPS) is 12.3. The molecule has 1 aromatic carbocycles. The quantitative estimate of drug-likeness (QED) is 0.285. The molecular formula is C19H25IN6O. The van der Waals surface area contributed by atoms with E-state index in [1.807, 2.05) is 12.1 Å². The molecule has 0 fully saturated rings. The number of aromatic amines is 1. The highest BCUT2D eigenvalue weighted by atomic mass is 127. The minimum Gasteiger partial charge on any atom is -0.461 e. The smallest absolute Gasteiger partial charge is 0.216 e. The highest BCUT2D eigenvalue weighted by Gasteiger charge is 2.10. The number of aromatic nitrogens is 3. The van der Waals surface area contributed by atoms with Crippen molar-refractivity contribution in [1.29, 1.82) is 0 Å². The topological polar surface area (TPSA) is 91.1 Å². The number of hydrogen-bond acceptors (Lipinski definition) is 4. The molecule has 0 saturated heterocycles. The van der Waals surface area contributed by atoms with Gasteiger partial charge in [-0.05, 0) is 36.6 Å². The monoisotopic (exact) mass is 480 g/mol. The Bertz CT molecular complexity index is 841. The molecular weight excluding hydrogens is 455 g/mol. The molecule has 0 bridgehead atoms. The molecule has 0 aliphatic heterocycles. The number of nitrogens with one attached hydrogen (secondary N) is 3. The summed E-state index contributed by atoms with van der Waals surface area (Å²) in [6.07, 6.45) is 2.65. The molecule has 1 atom stereocenters. The van der Waals surface area contributed by atoms with E-state index >= 15 is 0 Å². The number of halogens is 1. The Kier molecular flexibility index (Phi) is 7.83. The second kappa shape index (κ2) is 10.1. The summed E-state index contributed by atoms with van der Waals surface area (Å²) >= 11 is 0. The molecule has 0 aliphatic rings. The Hall–Kier alpha value is -2.36. The minimum atomic E-state index is 0. The zero-order chi connectivity index (χ0) is 18.4. The van der Waals surface area contributed by atoms with Crippen LogP contribution >= 0.6 is 24.0 Å². The van der Waals surface area contributed by atoms with Crippen molar-refractivity contribution in [2.24, 2.45) is 4.99 Å². The van der Waals surface area contributed by atoms with E-state index in [0.717, 1.165) is 6.42 Å². The van der Waals surface area contributed by atoms with Crippen molar-refractivity contribution in [3.63, 3.8) is 0 Å². The third-order valence-electron chi connectivity index (χ3n) is 4.16.